The zero-order valence-electron chi connectivity index (χ0n) is 49.3. The lowest BCUT2D eigenvalue weighted by atomic mass is 9.98. The maximum atomic E-state index is 13.1. The van der Waals surface area contributed by atoms with E-state index in [0.29, 0.717) is 19.3 Å². The zero-order chi connectivity index (χ0) is 57.5. The Kier molecular flexibility index (Phi) is 49.5. The average Bonchev–Trinajstić information content (AvgIpc) is 3.46. The highest BCUT2D eigenvalue weighted by Gasteiger charge is 2.50. The molecule has 3 N–H and O–H groups in total. The number of carboxylic acids is 1. The van der Waals surface area contributed by atoms with E-state index in [9.17, 15) is 34.5 Å². The SMILES string of the molecule is CC/C=C\C/C=C\C/C=C\C/C=C\C/C=C\CC(=O)OC(COC(=O)CCCCCCCCCCC/C=C\C/C=C\CCCCC)COC1OC(C(=O)O)C(O)C(O)C1OC(=O)CCCCCCC/C=C\C/C=C\CCCCC. The maximum Gasteiger partial charge on any atom is 0.335 e. The average molecular weight is 1110 g/mol. The van der Waals surface area contributed by atoms with Crippen molar-refractivity contribution in [3.8, 4) is 0 Å². The van der Waals surface area contributed by atoms with Crippen LogP contribution in [0.3, 0.4) is 0 Å². The number of aliphatic hydroxyl groups excluding tert-OH is 2. The minimum Gasteiger partial charge on any atom is -0.479 e. The minimum atomic E-state index is -1.93. The van der Waals surface area contributed by atoms with Gasteiger partial charge in [-0.3, -0.25) is 14.4 Å². The van der Waals surface area contributed by atoms with Crippen molar-refractivity contribution in [1.82, 2.24) is 0 Å². The number of carboxylic acid groups (broad SMARTS) is 1. The Morgan fingerprint density at radius 3 is 1.28 bits per heavy atom. The monoisotopic (exact) mass is 1100 g/mol. The van der Waals surface area contributed by atoms with Gasteiger partial charge in [0.2, 0.25) is 0 Å². The molecule has 6 atom stereocenters. The van der Waals surface area contributed by atoms with Gasteiger partial charge in [-0.15, -0.1) is 0 Å². The summed E-state index contributed by atoms with van der Waals surface area (Å²) in [6, 6.07) is 0. The molecule has 448 valence electrons. The first-order valence-corrected chi connectivity index (χ1v) is 30.9. The topological polar surface area (TPSA) is 175 Å². The van der Waals surface area contributed by atoms with Gasteiger partial charge in [0, 0.05) is 12.8 Å². The van der Waals surface area contributed by atoms with Crippen LogP contribution >= 0.6 is 0 Å². The number of esters is 3. The van der Waals surface area contributed by atoms with E-state index in [4.69, 9.17) is 23.7 Å². The molecule has 0 aliphatic carbocycles. The highest BCUT2D eigenvalue weighted by atomic mass is 16.7. The van der Waals surface area contributed by atoms with Gasteiger partial charge in [-0.25, -0.2) is 4.79 Å². The van der Waals surface area contributed by atoms with Gasteiger partial charge in [-0.05, 0) is 109 Å². The molecule has 0 aromatic rings. The number of aliphatic carboxylic acids is 1. The molecule has 0 radical (unpaired) electrons. The van der Waals surface area contributed by atoms with Gasteiger partial charge in [-0.2, -0.15) is 0 Å². The summed E-state index contributed by atoms with van der Waals surface area (Å²) >= 11 is 0. The molecule has 0 amide bonds. The molecule has 12 heteroatoms. The molecule has 12 nitrogen and oxygen atoms in total. The van der Waals surface area contributed by atoms with Gasteiger partial charge >= 0.3 is 23.9 Å². The Balaban J connectivity index is 2.73. The second kappa shape index (κ2) is 54.0. The summed E-state index contributed by atoms with van der Waals surface area (Å²) in [4.78, 5) is 51.1. The molecular formula is C67H108O12. The second-order valence-electron chi connectivity index (χ2n) is 20.6. The van der Waals surface area contributed by atoms with E-state index < -0.39 is 67.3 Å². The zero-order valence-corrected chi connectivity index (χ0v) is 49.3. The molecule has 1 aliphatic rings. The molecule has 0 aromatic carbocycles. The molecule has 1 fully saturated rings. The number of carbonyl (C=O) groups is 4. The maximum absolute atomic E-state index is 13.1. The molecule has 0 aromatic heterocycles. The number of ether oxygens (including phenoxy) is 5. The third-order valence-electron chi connectivity index (χ3n) is 13.3. The number of unbranched alkanes of at least 4 members (excludes halogenated alkanes) is 20. The quantitative estimate of drug-likeness (QED) is 0.0228. The predicted molar refractivity (Wildman–Crippen MR) is 321 cm³/mol. The predicted octanol–water partition coefficient (Wildman–Crippen LogP) is 16.2. The summed E-state index contributed by atoms with van der Waals surface area (Å²) < 4.78 is 28.3. The lowest BCUT2D eigenvalue weighted by molar-refractivity contribution is -0.301. The van der Waals surface area contributed by atoms with E-state index in [1.54, 1.807) is 6.08 Å². The van der Waals surface area contributed by atoms with Crippen LogP contribution in [-0.4, -0.2) is 89.2 Å². The molecular weight excluding hydrogens is 997 g/mol. The fraction of sp³-hybridized carbons (Fsp3) is 0.672. The highest BCUT2D eigenvalue weighted by molar-refractivity contribution is 5.74. The van der Waals surface area contributed by atoms with Crippen molar-refractivity contribution < 1.29 is 58.2 Å². The summed E-state index contributed by atoms with van der Waals surface area (Å²) in [6.45, 7) is 5.74. The molecule has 0 saturated carbocycles. The highest BCUT2D eigenvalue weighted by Crippen LogP contribution is 2.26. The van der Waals surface area contributed by atoms with Gasteiger partial charge in [0.05, 0.1) is 13.0 Å². The molecule has 1 rings (SSSR count). The molecule has 1 saturated heterocycles. The van der Waals surface area contributed by atoms with Crippen molar-refractivity contribution in [3.05, 3.63) is 109 Å². The Morgan fingerprint density at radius 2 is 0.835 bits per heavy atom. The van der Waals surface area contributed by atoms with Crippen LogP contribution < -0.4 is 0 Å². The van der Waals surface area contributed by atoms with E-state index in [2.05, 4.69) is 106 Å². The molecule has 0 spiro atoms. The summed E-state index contributed by atoms with van der Waals surface area (Å²) in [6.07, 6.45) is 60.8. The van der Waals surface area contributed by atoms with Crippen molar-refractivity contribution in [2.45, 2.75) is 276 Å². The largest absolute Gasteiger partial charge is 0.479 e. The van der Waals surface area contributed by atoms with Gasteiger partial charge < -0.3 is 39.0 Å². The van der Waals surface area contributed by atoms with Crippen molar-refractivity contribution >= 4 is 23.9 Å². The number of aliphatic hydroxyl groups is 2. The smallest absolute Gasteiger partial charge is 0.335 e. The lowest BCUT2D eigenvalue weighted by Crippen LogP contribution is -2.61. The van der Waals surface area contributed by atoms with Crippen molar-refractivity contribution in [2.75, 3.05) is 13.2 Å². The van der Waals surface area contributed by atoms with E-state index >= 15 is 0 Å². The molecule has 1 heterocycles. The van der Waals surface area contributed by atoms with Gasteiger partial charge in [0.15, 0.2) is 24.6 Å². The van der Waals surface area contributed by atoms with Crippen LogP contribution in [0.2, 0.25) is 0 Å². The first-order chi connectivity index (χ1) is 38.6. The number of rotatable bonds is 51. The van der Waals surface area contributed by atoms with E-state index in [1.165, 1.54) is 77.0 Å². The normalized spacial score (nSPS) is 18.6. The molecule has 1 aliphatic heterocycles. The van der Waals surface area contributed by atoms with Crippen LogP contribution in [0, 0.1) is 0 Å². The number of hydrogen-bond acceptors (Lipinski definition) is 11. The van der Waals surface area contributed by atoms with Crippen molar-refractivity contribution in [1.29, 1.82) is 0 Å². The number of hydrogen-bond donors (Lipinski definition) is 3. The molecule has 0 bridgehead atoms. The Morgan fingerprint density at radius 1 is 0.443 bits per heavy atom. The number of carbonyl (C=O) groups excluding carboxylic acids is 3. The fourth-order valence-corrected chi connectivity index (χ4v) is 8.62. The fourth-order valence-electron chi connectivity index (χ4n) is 8.62. The van der Waals surface area contributed by atoms with Crippen molar-refractivity contribution in [2.24, 2.45) is 0 Å². The first kappa shape index (κ1) is 72.4. The van der Waals surface area contributed by atoms with Crippen LogP contribution in [0.1, 0.15) is 239 Å². The van der Waals surface area contributed by atoms with Gasteiger partial charge in [0.25, 0.3) is 0 Å². The van der Waals surface area contributed by atoms with E-state index in [0.717, 1.165) is 103 Å². The molecule has 79 heavy (non-hydrogen) atoms. The number of allylic oxidation sites excluding steroid dienone is 17. The van der Waals surface area contributed by atoms with Crippen LogP contribution in [0.15, 0.2) is 109 Å². The lowest BCUT2D eigenvalue weighted by Gasteiger charge is -2.40. The summed E-state index contributed by atoms with van der Waals surface area (Å²) in [5.74, 6) is -3.32. The van der Waals surface area contributed by atoms with Crippen molar-refractivity contribution in [3.63, 3.8) is 0 Å². The summed E-state index contributed by atoms with van der Waals surface area (Å²) in [5, 5.41) is 31.5. The van der Waals surface area contributed by atoms with Crippen LogP contribution in [-0.2, 0) is 42.9 Å². The van der Waals surface area contributed by atoms with E-state index in [-0.39, 0.29) is 25.9 Å². The molecule has 6 unspecified atom stereocenters. The summed E-state index contributed by atoms with van der Waals surface area (Å²) in [7, 11) is 0. The third-order valence-corrected chi connectivity index (χ3v) is 13.3. The third kappa shape index (κ3) is 43.8. The standard InChI is InChI=1S/C67H108O12/c1-4-7-10-13-16-19-22-25-28-29-30-31-34-35-38-41-44-47-50-53-59(68)75-56-58(77-60(69)54-51-48-45-42-39-36-32-26-23-20-17-14-11-8-5-2)57-76-67-65(63(72)62(71)64(79-67)66(73)74)78-61(70)55-52-49-46-43-40-37-33-27-24-21-18-15-12-9-6-3/h8,11,16-21,25-28,32-33,39,42,48,51,58,62-65,67,71-72H,4-7,9-10,12-15,22-24,29-31,34-38,40-41,43-47,49-50,52-57H2,1-3H3,(H,73,74)/b11-8-,19-16-,20-17-,21-18-,28-25-,32-26-,33-27-,42-39-,51-48-. The van der Waals surface area contributed by atoms with E-state index in [1.807, 2.05) is 18.2 Å². The minimum absolute atomic E-state index is 0.0289. The Bertz CT molecular complexity index is 1790. The van der Waals surface area contributed by atoms with Gasteiger partial charge in [0.1, 0.15) is 18.8 Å². The second-order valence-corrected chi connectivity index (χ2v) is 20.6. The van der Waals surface area contributed by atoms with Gasteiger partial charge in [-0.1, -0.05) is 220 Å². The Hall–Kier alpha value is -4.62. The first-order valence-electron chi connectivity index (χ1n) is 30.9. The van der Waals surface area contributed by atoms with Crippen LogP contribution in [0.25, 0.3) is 0 Å². The van der Waals surface area contributed by atoms with Crippen LogP contribution in [0.4, 0.5) is 0 Å². The van der Waals surface area contributed by atoms with Crippen LogP contribution in [0.5, 0.6) is 0 Å². The summed E-state index contributed by atoms with van der Waals surface area (Å²) in [5.41, 5.74) is 0. The Labute approximate surface area is 478 Å².